The second-order valence-corrected chi connectivity index (χ2v) is 2.87. The van der Waals surface area contributed by atoms with Crippen LogP contribution in [0.15, 0.2) is 15.7 Å². The van der Waals surface area contributed by atoms with E-state index in [9.17, 15) is 9.59 Å². The van der Waals surface area contributed by atoms with Gasteiger partial charge in [-0.2, -0.15) is 0 Å². The monoisotopic (exact) mass is 183 g/mol. The summed E-state index contributed by atoms with van der Waals surface area (Å²) < 4.78 is 1.37. The summed E-state index contributed by atoms with van der Waals surface area (Å²) >= 11 is 0. The van der Waals surface area contributed by atoms with Gasteiger partial charge in [0.15, 0.2) is 0 Å². The lowest BCUT2D eigenvalue weighted by Gasteiger charge is -2.06. The van der Waals surface area contributed by atoms with Crippen molar-refractivity contribution in [1.82, 2.24) is 9.55 Å². The van der Waals surface area contributed by atoms with Gasteiger partial charge < -0.3 is 5.73 Å². The van der Waals surface area contributed by atoms with Crippen LogP contribution in [0.25, 0.3) is 0 Å². The Hall–Kier alpha value is -1.52. The molecule has 3 N–H and O–H groups in total. The summed E-state index contributed by atoms with van der Waals surface area (Å²) in [6.07, 6.45) is 1.85. The highest BCUT2D eigenvalue weighted by molar-refractivity contribution is 5.25. The minimum absolute atomic E-state index is 0.224. The van der Waals surface area contributed by atoms with Crippen LogP contribution >= 0.6 is 0 Å². The van der Waals surface area contributed by atoms with Crippen molar-refractivity contribution in [2.75, 3.05) is 5.73 Å². The number of nitrogen functional groups attached to an aromatic ring is 1. The zero-order chi connectivity index (χ0) is 9.84. The first-order chi connectivity index (χ1) is 6.15. The summed E-state index contributed by atoms with van der Waals surface area (Å²) in [7, 11) is 0. The predicted octanol–water partition coefficient (Wildman–Crippen LogP) is -0.0811. The average Bonchev–Trinajstić information content (AvgIpc) is 2.02. The average molecular weight is 183 g/mol. The molecule has 5 heteroatoms. The van der Waals surface area contributed by atoms with E-state index in [4.69, 9.17) is 5.73 Å². The maximum atomic E-state index is 11.2. The van der Waals surface area contributed by atoms with Crippen molar-refractivity contribution in [2.24, 2.45) is 0 Å². The van der Waals surface area contributed by atoms with Crippen LogP contribution in [0.3, 0.4) is 0 Å². The number of aromatic nitrogens is 2. The topological polar surface area (TPSA) is 80.9 Å². The van der Waals surface area contributed by atoms with Crippen LogP contribution in [0.5, 0.6) is 0 Å². The Morgan fingerprint density at radius 2 is 2.23 bits per heavy atom. The number of nitrogens with one attached hydrogen (secondary N) is 1. The molecule has 0 aliphatic rings. The molecule has 0 fully saturated rings. The number of aromatic amines is 1. The Balaban J connectivity index is 3.07. The van der Waals surface area contributed by atoms with E-state index < -0.39 is 11.2 Å². The van der Waals surface area contributed by atoms with Gasteiger partial charge in [-0.1, -0.05) is 13.3 Å². The Kier molecular flexibility index (Phi) is 2.89. The Labute approximate surface area is 75.2 Å². The van der Waals surface area contributed by atoms with Crippen molar-refractivity contribution in [3.05, 3.63) is 26.9 Å². The van der Waals surface area contributed by atoms with Gasteiger partial charge in [-0.3, -0.25) is 14.3 Å². The highest BCUT2D eigenvalue weighted by Crippen LogP contribution is 1.96. The van der Waals surface area contributed by atoms with Gasteiger partial charge in [-0.15, -0.1) is 0 Å². The number of H-pyrrole nitrogens is 1. The van der Waals surface area contributed by atoms with E-state index in [-0.39, 0.29) is 5.82 Å². The summed E-state index contributed by atoms with van der Waals surface area (Å²) in [5.74, 6) is 0.224. The maximum absolute atomic E-state index is 11.2. The van der Waals surface area contributed by atoms with Crippen molar-refractivity contribution in [3.8, 4) is 0 Å². The third kappa shape index (κ3) is 2.21. The Morgan fingerprint density at radius 3 is 2.77 bits per heavy atom. The van der Waals surface area contributed by atoms with Gasteiger partial charge in [-0.25, -0.2) is 4.79 Å². The zero-order valence-electron chi connectivity index (χ0n) is 7.54. The van der Waals surface area contributed by atoms with Crippen molar-refractivity contribution in [3.63, 3.8) is 0 Å². The van der Waals surface area contributed by atoms with Gasteiger partial charge in [0.2, 0.25) is 0 Å². The van der Waals surface area contributed by atoms with Crippen LogP contribution in [0.2, 0.25) is 0 Å². The van der Waals surface area contributed by atoms with Gasteiger partial charge >= 0.3 is 5.69 Å². The first kappa shape index (κ1) is 9.57. The second kappa shape index (κ2) is 3.93. The molecule has 72 valence electrons. The van der Waals surface area contributed by atoms with E-state index in [2.05, 4.69) is 4.98 Å². The highest BCUT2D eigenvalue weighted by atomic mass is 16.2. The van der Waals surface area contributed by atoms with E-state index >= 15 is 0 Å². The highest BCUT2D eigenvalue weighted by Gasteiger charge is 2.00. The minimum Gasteiger partial charge on any atom is -0.385 e. The number of hydrogen-bond acceptors (Lipinski definition) is 3. The summed E-state index contributed by atoms with van der Waals surface area (Å²) in [5.41, 5.74) is 4.63. The van der Waals surface area contributed by atoms with E-state index in [1.807, 2.05) is 6.92 Å². The molecule has 0 unspecified atom stereocenters. The molecule has 0 radical (unpaired) electrons. The van der Waals surface area contributed by atoms with Crippen LogP contribution in [-0.4, -0.2) is 9.55 Å². The van der Waals surface area contributed by atoms with Gasteiger partial charge in [0.1, 0.15) is 5.82 Å². The van der Waals surface area contributed by atoms with Gasteiger partial charge in [0, 0.05) is 12.6 Å². The summed E-state index contributed by atoms with van der Waals surface area (Å²) in [5, 5.41) is 0. The molecule has 1 aromatic rings. The smallest absolute Gasteiger partial charge is 0.329 e. The van der Waals surface area contributed by atoms with E-state index in [1.54, 1.807) is 0 Å². The van der Waals surface area contributed by atoms with Gasteiger partial charge in [-0.05, 0) is 6.42 Å². The minimum atomic E-state index is -0.449. The molecule has 0 spiro atoms. The van der Waals surface area contributed by atoms with Gasteiger partial charge in [0.25, 0.3) is 5.56 Å². The molecule has 1 heterocycles. The summed E-state index contributed by atoms with van der Waals surface area (Å²) in [6, 6.07) is 1.22. The first-order valence-corrected chi connectivity index (χ1v) is 4.24. The van der Waals surface area contributed by atoms with E-state index in [1.165, 1.54) is 10.6 Å². The van der Waals surface area contributed by atoms with Crippen molar-refractivity contribution in [1.29, 1.82) is 0 Å². The third-order valence-corrected chi connectivity index (χ3v) is 1.80. The maximum Gasteiger partial charge on any atom is 0.329 e. The molecular formula is C8H13N3O2. The van der Waals surface area contributed by atoms with Gasteiger partial charge in [0.05, 0.1) is 0 Å². The first-order valence-electron chi connectivity index (χ1n) is 4.24. The number of anilines is 1. The van der Waals surface area contributed by atoms with E-state index in [0.717, 1.165) is 12.8 Å². The van der Waals surface area contributed by atoms with Crippen LogP contribution < -0.4 is 17.0 Å². The molecule has 0 bridgehead atoms. The van der Waals surface area contributed by atoms with Crippen molar-refractivity contribution >= 4 is 5.82 Å². The van der Waals surface area contributed by atoms with E-state index in [0.29, 0.717) is 6.54 Å². The molecule has 0 amide bonds. The molecule has 1 aromatic heterocycles. The molecule has 0 saturated carbocycles. The fourth-order valence-electron chi connectivity index (χ4n) is 1.09. The summed E-state index contributed by atoms with van der Waals surface area (Å²) in [4.78, 5) is 24.1. The molecule has 0 aliphatic carbocycles. The van der Waals surface area contributed by atoms with Crippen LogP contribution in [0.4, 0.5) is 5.82 Å². The second-order valence-electron chi connectivity index (χ2n) is 2.87. The van der Waals surface area contributed by atoms with Crippen molar-refractivity contribution in [2.45, 2.75) is 26.3 Å². The fourth-order valence-corrected chi connectivity index (χ4v) is 1.09. The number of nitrogens with two attached hydrogens (primary N) is 1. The third-order valence-electron chi connectivity index (χ3n) is 1.80. The normalized spacial score (nSPS) is 10.2. The number of rotatable bonds is 3. The number of nitrogens with zero attached hydrogens (tertiary/aromatic N) is 1. The zero-order valence-corrected chi connectivity index (χ0v) is 7.54. The molecule has 0 aliphatic heterocycles. The van der Waals surface area contributed by atoms with Crippen molar-refractivity contribution < 1.29 is 0 Å². The standard InChI is InChI=1S/C8H13N3O2/c1-2-3-4-11-6(9)5-7(12)10-8(11)13/h5H,2-4,9H2,1H3,(H,10,12,13). The largest absolute Gasteiger partial charge is 0.385 e. The van der Waals surface area contributed by atoms with Crippen LogP contribution in [0, 0.1) is 0 Å². The Morgan fingerprint density at radius 1 is 1.54 bits per heavy atom. The molecule has 0 atom stereocenters. The summed E-state index contributed by atoms with van der Waals surface area (Å²) in [6.45, 7) is 2.57. The lowest BCUT2D eigenvalue weighted by Crippen LogP contribution is -2.31. The molecule has 5 nitrogen and oxygen atoms in total. The molecule has 0 saturated heterocycles. The number of unbranched alkanes of at least 4 members (excludes halogenated alkanes) is 1. The SMILES string of the molecule is CCCCn1c(N)cc(=O)[nH]c1=O. The molecule has 13 heavy (non-hydrogen) atoms. The Bertz CT molecular complexity index is 391. The molecular weight excluding hydrogens is 170 g/mol. The number of hydrogen-bond donors (Lipinski definition) is 2. The lowest BCUT2D eigenvalue weighted by atomic mass is 10.3. The van der Waals surface area contributed by atoms with Crippen LogP contribution in [0.1, 0.15) is 19.8 Å². The van der Waals surface area contributed by atoms with Crippen LogP contribution in [-0.2, 0) is 6.54 Å². The molecule has 0 aromatic carbocycles. The molecule has 1 rings (SSSR count). The lowest BCUT2D eigenvalue weighted by molar-refractivity contribution is 0.605. The quantitative estimate of drug-likeness (QED) is 0.687. The fraction of sp³-hybridized carbons (Fsp3) is 0.500. The predicted molar refractivity (Wildman–Crippen MR) is 50.6 cm³/mol.